The molecule has 22 heavy (non-hydrogen) atoms. The molecular weight excluding hydrogens is 290 g/mol. The van der Waals surface area contributed by atoms with Gasteiger partial charge in [-0.05, 0) is 36.6 Å². The molecule has 6 heteroatoms. The van der Waals surface area contributed by atoms with Crippen molar-refractivity contribution in [3.8, 4) is 5.75 Å². The minimum absolute atomic E-state index is 0.344. The summed E-state index contributed by atoms with van der Waals surface area (Å²) in [5.74, 6) is 0.833. The van der Waals surface area contributed by atoms with Crippen LogP contribution in [0.2, 0.25) is 0 Å². The third-order valence-electron chi connectivity index (χ3n) is 4.20. The van der Waals surface area contributed by atoms with Gasteiger partial charge in [-0.25, -0.2) is 0 Å². The van der Waals surface area contributed by atoms with Gasteiger partial charge in [0, 0.05) is 36.7 Å². The van der Waals surface area contributed by atoms with E-state index >= 15 is 0 Å². The molecule has 1 aliphatic rings. The summed E-state index contributed by atoms with van der Waals surface area (Å²) >= 11 is 0. The Kier molecular flexibility index (Phi) is 4.59. The Balaban J connectivity index is 1.60. The number of methoxy groups -OCH3 is 1. The highest BCUT2D eigenvalue weighted by Crippen LogP contribution is 2.24. The Hall–Kier alpha value is -1.66. The largest absolute Gasteiger partial charge is 0.497 e. The predicted molar refractivity (Wildman–Crippen MR) is 80.5 cm³/mol. The number of aromatic amines is 1. The molecule has 1 N–H and O–H groups in total. The average Bonchev–Trinajstić information content (AvgIpc) is 3.10. The summed E-state index contributed by atoms with van der Waals surface area (Å²) in [4.78, 5) is 5.42. The first kappa shape index (κ1) is 15.2. The van der Waals surface area contributed by atoms with Crippen LogP contribution in [0.25, 0.3) is 10.9 Å². The van der Waals surface area contributed by atoms with Crippen LogP contribution >= 0.6 is 0 Å². The number of H-pyrrole nitrogens is 1. The fourth-order valence-corrected chi connectivity index (χ4v) is 3.03. The smallest absolute Gasteiger partial charge is 0.345 e. The summed E-state index contributed by atoms with van der Waals surface area (Å²) < 4.78 is 34.3. The van der Waals surface area contributed by atoms with Gasteiger partial charge in [0.05, 0.1) is 13.2 Å². The lowest BCUT2D eigenvalue weighted by molar-refractivity contribution is -0.158. The van der Waals surface area contributed by atoms with Crippen LogP contribution < -0.4 is 4.74 Å². The first-order valence-electron chi connectivity index (χ1n) is 7.45. The van der Waals surface area contributed by atoms with Crippen LogP contribution in [0.4, 0.5) is 8.78 Å². The van der Waals surface area contributed by atoms with Crippen molar-refractivity contribution in [2.45, 2.75) is 25.6 Å². The van der Waals surface area contributed by atoms with E-state index in [9.17, 15) is 8.78 Å². The molecule has 4 nitrogen and oxygen atoms in total. The van der Waals surface area contributed by atoms with Crippen LogP contribution in [0.3, 0.4) is 0 Å². The molecule has 0 aliphatic carbocycles. The van der Waals surface area contributed by atoms with Crippen LogP contribution in [0, 0.1) is 0 Å². The molecule has 0 radical (unpaired) electrons. The zero-order valence-corrected chi connectivity index (χ0v) is 12.5. The van der Waals surface area contributed by atoms with Crippen LogP contribution in [0.5, 0.6) is 5.75 Å². The zero-order chi connectivity index (χ0) is 15.5. The first-order chi connectivity index (χ1) is 10.7. The molecule has 0 amide bonds. The molecule has 1 aliphatic heterocycles. The average molecular weight is 310 g/mol. The van der Waals surface area contributed by atoms with Crippen molar-refractivity contribution in [1.29, 1.82) is 0 Å². The van der Waals surface area contributed by atoms with Crippen LogP contribution in [-0.4, -0.2) is 49.3 Å². The number of ether oxygens (including phenoxy) is 2. The van der Waals surface area contributed by atoms with E-state index in [4.69, 9.17) is 4.74 Å². The molecule has 1 atom stereocenters. The maximum absolute atomic E-state index is 12.2. The highest BCUT2D eigenvalue weighted by Gasteiger charge is 2.25. The summed E-state index contributed by atoms with van der Waals surface area (Å²) in [5.41, 5.74) is 2.29. The third kappa shape index (κ3) is 3.39. The molecule has 1 fully saturated rings. The molecule has 1 aromatic carbocycles. The SMILES string of the molecule is COc1ccc2[nH]cc(CCN3CC[C@@H](OC(F)F)C3)c2c1. The number of rotatable bonds is 6. The van der Waals surface area contributed by atoms with Crippen LogP contribution in [0.1, 0.15) is 12.0 Å². The van der Waals surface area contributed by atoms with E-state index in [0.29, 0.717) is 13.0 Å². The Morgan fingerprint density at radius 2 is 2.27 bits per heavy atom. The minimum atomic E-state index is -2.67. The molecule has 0 unspecified atom stereocenters. The van der Waals surface area contributed by atoms with Gasteiger partial charge in [0.25, 0.3) is 0 Å². The van der Waals surface area contributed by atoms with E-state index in [2.05, 4.69) is 14.6 Å². The van der Waals surface area contributed by atoms with Crippen molar-refractivity contribution in [3.05, 3.63) is 30.0 Å². The van der Waals surface area contributed by atoms with Crippen LogP contribution in [0.15, 0.2) is 24.4 Å². The van der Waals surface area contributed by atoms with Crippen molar-refractivity contribution in [1.82, 2.24) is 9.88 Å². The maximum Gasteiger partial charge on any atom is 0.345 e. The summed E-state index contributed by atoms with van der Waals surface area (Å²) in [6, 6.07) is 5.95. The number of alkyl halides is 2. The predicted octanol–water partition coefficient (Wildman–Crippen LogP) is 3.03. The molecule has 0 spiro atoms. The highest BCUT2D eigenvalue weighted by atomic mass is 19.3. The van der Waals surface area contributed by atoms with E-state index in [1.54, 1.807) is 7.11 Å². The summed E-state index contributed by atoms with van der Waals surface area (Å²) in [6.07, 6.45) is 3.21. The Morgan fingerprint density at radius 3 is 3.05 bits per heavy atom. The molecule has 2 aromatic rings. The van der Waals surface area contributed by atoms with Gasteiger partial charge in [0.2, 0.25) is 0 Å². The van der Waals surface area contributed by atoms with E-state index in [1.165, 1.54) is 5.56 Å². The number of nitrogens with one attached hydrogen (secondary N) is 1. The lowest BCUT2D eigenvalue weighted by Gasteiger charge is -2.15. The van der Waals surface area contributed by atoms with Crippen molar-refractivity contribution < 1.29 is 18.3 Å². The van der Waals surface area contributed by atoms with Gasteiger partial charge in [-0.15, -0.1) is 0 Å². The molecule has 0 saturated carbocycles. The Bertz CT molecular complexity index is 630. The van der Waals surface area contributed by atoms with E-state index in [0.717, 1.165) is 36.2 Å². The second kappa shape index (κ2) is 6.62. The van der Waals surface area contributed by atoms with Crippen molar-refractivity contribution in [3.63, 3.8) is 0 Å². The first-order valence-corrected chi connectivity index (χ1v) is 7.45. The second-order valence-corrected chi connectivity index (χ2v) is 5.58. The molecule has 2 heterocycles. The Morgan fingerprint density at radius 1 is 1.41 bits per heavy atom. The topological polar surface area (TPSA) is 37.5 Å². The Labute approximate surface area is 128 Å². The quantitative estimate of drug-likeness (QED) is 0.891. The highest BCUT2D eigenvalue weighted by molar-refractivity contribution is 5.84. The van der Waals surface area contributed by atoms with Crippen molar-refractivity contribution in [2.75, 3.05) is 26.7 Å². The number of aromatic nitrogens is 1. The summed E-state index contributed by atoms with van der Waals surface area (Å²) in [5, 5.41) is 1.15. The number of hydrogen-bond acceptors (Lipinski definition) is 3. The number of hydrogen-bond donors (Lipinski definition) is 1. The molecular formula is C16H20F2N2O2. The molecule has 120 valence electrons. The zero-order valence-electron chi connectivity index (χ0n) is 12.5. The van der Waals surface area contributed by atoms with Gasteiger partial charge in [-0.2, -0.15) is 8.78 Å². The van der Waals surface area contributed by atoms with Gasteiger partial charge in [0.15, 0.2) is 0 Å². The van der Waals surface area contributed by atoms with E-state index in [-0.39, 0.29) is 6.10 Å². The van der Waals surface area contributed by atoms with Gasteiger partial charge < -0.3 is 19.4 Å². The number of halogens is 2. The van der Waals surface area contributed by atoms with Gasteiger partial charge in [-0.3, -0.25) is 0 Å². The van der Waals surface area contributed by atoms with Crippen molar-refractivity contribution >= 4 is 10.9 Å². The number of likely N-dealkylation sites (tertiary alicyclic amines) is 1. The monoisotopic (exact) mass is 310 g/mol. The summed E-state index contributed by atoms with van der Waals surface area (Å²) in [7, 11) is 1.65. The lowest BCUT2D eigenvalue weighted by Crippen LogP contribution is -2.26. The molecule has 3 rings (SSSR count). The molecule has 1 aromatic heterocycles. The van der Waals surface area contributed by atoms with Gasteiger partial charge in [-0.1, -0.05) is 0 Å². The fourth-order valence-electron chi connectivity index (χ4n) is 3.03. The fraction of sp³-hybridized carbons (Fsp3) is 0.500. The van der Waals surface area contributed by atoms with Gasteiger partial charge in [0.1, 0.15) is 5.75 Å². The molecule has 1 saturated heterocycles. The number of benzene rings is 1. The van der Waals surface area contributed by atoms with E-state index < -0.39 is 6.61 Å². The maximum atomic E-state index is 12.2. The number of nitrogens with zero attached hydrogens (tertiary/aromatic N) is 1. The normalized spacial score (nSPS) is 19.4. The van der Waals surface area contributed by atoms with Gasteiger partial charge >= 0.3 is 6.61 Å². The van der Waals surface area contributed by atoms with Crippen LogP contribution in [-0.2, 0) is 11.2 Å². The minimum Gasteiger partial charge on any atom is -0.497 e. The van der Waals surface area contributed by atoms with Crippen molar-refractivity contribution in [2.24, 2.45) is 0 Å². The summed E-state index contributed by atoms with van der Waals surface area (Å²) in [6.45, 7) is -0.446. The second-order valence-electron chi connectivity index (χ2n) is 5.58. The van der Waals surface area contributed by atoms with E-state index in [1.807, 2.05) is 24.4 Å². The third-order valence-corrected chi connectivity index (χ3v) is 4.20. The standard InChI is InChI=1S/C16H20F2N2O2/c1-21-12-2-3-15-14(8-12)11(9-19-15)4-6-20-7-5-13(10-20)22-16(17)18/h2-3,8-9,13,16,19H,4-7,10H2,1H3/t13-/m1/s1. The molecule has 0 bridgehead atoms. The lowest BCUT2D eigenvalue weighted by atomic mass is 10.1. The number of fused-ring (bicyclic) bond motifs is 1.